The smallest absolute Gasteiger partial charge is 0.123 e. The van der Waals surface area contributed by atoms with Crippen LogP contribution in [0.1, 0.15) is 45.6 Å². The molecule has 2 rings (SSSR count). The fraction of sp³-hybridized carbons (Fsp3) is 0.600. The van der Waals surface area contributed by atoms with E-state index in [1.165, 1.54) is 12.0 Å². The molecule has 0 radical (unpaired) electrons. The van der Waals surface area contributed by atoms with Gasteiger partial charge in [-0.1, -0.05) is 39.8 Å². The van der Waals surface area contributed by atoms with Crippen LogP contribution in [-0.2, 0) is 0 Å². The Morgan fingerprint density at radius 3 is 2.00 bits per heavy atom. The number of halogens is 1. The first-order valence-corrected chi connectivity index (χ1v) is 6.70. The van der Waals surface area contributed by atoms with Gasteiger partial charge in [-0.05, 0) is 43.6 Å². The average Bonchev–Trinajstić information content (AvgIpc) is 2.82. The zero-order valence-corrected chi connectivity index (χ0v) is 11.8. The first-order chi connectivity index (χ1) is 8.25. The van der Waals surface area contributed by atoms with Crippen molar-refractivity contribution < 1.29 is 4.39 Å². The first-order valence-electron chi connectivity index (χ1n) is 6.70. The molecule has 1 unspecified atom stereocenters. The van der Waals surface area contributed by atoms with Crippen molar-refractivity contribution in [2.45, 2.75) is 40.0 Å². The standard InChI is InChI=1S/C11H14FN.2C2H6/c1-13-7-6-10(8-13)9-2-4-11(12)5-3-9;2*1-2/h2-5,10H,6-8H2,1H3;2*1-2H3. The molecule has 1 fully saturated rings. The van der Waals surface area contributed by atoms with Crippen molar-refractivity contribution in [2.24, 2.45) is 0 Å². The molecule has 1 nitrogen and oxygen atoms in total. The molecule has 0 amide bonds. The number of hydrogen-bond donors (Lipinski definition) is 0. The molecular formula is C15H26FN. The molecule has 98 valence electrons. The maximum absolute atomic E-state index is 12.6. The van der Waals surface area contributed by atoms with Gasteiger partial charge in [0.1, 0.15) is 5.82 Å². The largest absolute Gasteiger partial charge is 0.306 e. The minimum absolute atomic E-state index is 0.143. The van der Waals surface area contributed by atoms with Gasteiger partial charge >= 0.3 is 0 Å². The number of likely N-dealkylation sites (tertiary alicyclic amines) is 1. The van der Waals surface area contributed by atoms with Gasteiger partial charge in [-0.15, -0.1) is 0 Å². The van der Waals surface area contributed by atoms with Gasteiger partial charge in [-0.2, -0.15) is 0 Å². The van der Waals surface area contributed by atoms with Crippen molar-refractivity contribution >= 4 is 0 Å². The van der Waals surface area contributed by atoms with Gasteiger partial charge in [0.05, 0.1) is 0 Å². The summed E-state index contributed by atoms with van der Waals surface area (Å²) in [7, 11) is 2.13. The molecular weight excluding hydrogens is 213 g/mol. The van der Waals surface area contributed by atoms with E-state index in [-0.39, 0.29) is 5.82 Å². The van der Waals surface area contributed by atoms with Crippen molar-refractivity contribution in [3.63, 3.8) is 0 Å². The fourth-order valence-electron chi connectivity index (χ4n) is 1.94. The Morgan fingerprint density at radius 2 is 1.59 bits per heavy atom. The van der Waals surface area contributed by atoms with E-state index in [9.17, 15) is 4.39 Å². The average molecular weight is 239 g/mol. The van der Waals surface area contributed by atoms with E-state index < -0.39 is 0 Å². The molecule has 0 aromatic heterocycles. The highest BCUT2D eigenvalue weighted by Crippen LogP contribution is 2.25. The van der Waals surface area contributed by atoms with Crippen LogP contribution in [0.25, 0.3) is 0 Å². The van der Waals surface area contributed by atoms with Gasteiger partial charge in [-0.25, -0.2) is 4.39 Å². The minimum Gasteiger partial charge on any atom is -0.306 e. The van der Waals surface area contributed by atoms with Crippen molar-refractivity contribution in [3.8, 4) is 0 Å². The molecule has 2 heteroatoms. The summed E-state index contributed by atoms with van der Waals surface area (Å²) in [5.74, 6) is 0.459. The molecule has 0 N–H and O–H groups in total. The Kier molecular flexibility index (Phi) is 8.69. The van der Waals surface area contributed by atoms with Gasteiger partial charge in [0.2, 0.25) is 0 Å². The van der Waals surface area contributed by atoms with Crippen LogP contribution in [0.3, 0.4) is 0 Å². The van der Waals surface area contributed by atoms with Gasteiger partial charge < -0.3 is 4.90 Å². The van der Waals surface area contributed by atoms with Crippen molar-refractivity contribution in [3.05, 3.63) is 35.6 Å². The number of likely N-dealkylation sites (N-methyl/N-ethyl adjacent to an activating group) is 1. The Balaban J connectivity index is 0.000000581. The third-order valence-electron chi connectivity index (χ3n) is 2.73. The highest BCUT2D eigenvalue weighted by Gasteiger charge is 2.20. The first kappa shape index (κ1) is 16.1. The van der Waals surface area contributed by atoms with Gasteiger partial charge in [0, 0.05) is 6.54 Å². The Hall–Kier alpha value is -0.890. The lowest BCUT2D eigenvalue weighted by Gasteiger charge is -2.10. The van der Waals surface area contributed by atoms with Crippen LogP contribution in [0.4, 0.5) is 4.39 Å². The summed E-state index contributed by atoms with van der Waals surface area (Å²) in [5.41, 5.74) is 1.27. The van der Waals surface area contributed by atoms with Crippen molar-refractivity contribution in [1.82, 2.24) is 4.90 Å². The Bertz CT molecular complexity index is 281. The summed E-state index contributed by atoms with van der Waals surface area (Å²) in [6.07, 6.45) is 1.20. The summed E-state index contributed by atoms with van der Waals surface area (Å²) in [6.45, 7) is 10.3. The summed E-state index contributed by atoms with van der Waals surface area (Å²) < 4.78 is 12.6. The zero-order chi connectivity index (χ0) is 13.3. The molecule has 1 atom stereocenters. The van der Waals surface area contributed by atoms with E-state index in [1.54, 1.807) is 12.1 Å². The zero-order valence-electron chi connectivity index (χ0n) is 11.8. The Labute approximate surface area is 106 Å². The fourth-order valence-corrected chi connectivity index (χ4v) is 1.94. The monoisotopic (exact) mass is 239 g/mol. The van der Waals surface area contributed by atoms with E-state index in [0.717, 1.165) is 13.1 Å². The van der Waals surface area contributed by atoms with Crippen LogP contribution in [-0.4, -0.2) is 25.0 Å². The molecule has 0 saturated carbocycles. The van der Waals surface area contributed by atoms with Crippen LogP contribution < -0.4 is 0 Å². The third kappa shape index (κ3) is 5.31. The summed E-state index contributed by atoms with van der Waals surface area (Å²) >= 11 is 0. The normalized spacial score (nSPS) is 18.8. The molecule has 0 aliphatic carbocycles. The molecule has 0 bridgehead atoms. The van der Waals surface area contributed by atoms with E-state index in [1.807, 2.05) is 39.8 Å². The minimum atomic E-state index is -0.143. The second kappa shape index (κ2) is 9.17. The molecule has 1 aromatic rings. The van der Waals surface area contributed by atoms with Crippen LogP contribution in [0.15, 0.2) is 24.3 Å². The number of hydrogen-bond acceptors (Lipinski definition) is 1. The van der Waals surface area contributed by atoms with Crippen molar-refractivity contribution in [1.29, 1.82) is 0 Å². The topological polar surface area (TPSA) is 3.24 Å². The molecule has 1 saturated heterocycles. The van der Waals surface area contributed by atoms with Crippen LogP contribution >= 0.6 is 0 Å². The van der Waals surface area contributed by atoms with Gasteiger partial charge in [0.25, 0.3) is 0 Å². The van der Waals surface area contributed by atoms with E-state index in [2.05, 4.69) is 11.9 Å². The Morgan fingerprint density at radius 1 is 1.06 bits per heavy atom. The van der Waals surface area contributed by atoms with Crippen LogP contribution in [0, 0.1) is 5.82 Å². The molecule has 1 heterocycles. The lowest BCUT2D eigenvalue weighted by molar-refractivity contribution is 0.411. The molecule has 1 aliphatic rings. The second-order valence-corrected chi connectivity index (χ2v) is 3.80. The van der Waals surface area contributed by atoms with Gasteiger partial charge in [-0.3, -0.25) is 0 Å². The summed E-state index contributed by atoms with van der Waals surface area (Å²) in [6, 6.07) is 6.90. The summed E-state index contributed by atoms with van der Waals surface area (Å²) in [4.78, 5) is 2.31. The number of rotatable bonds is 1. The quantitative estimate of drug-likeness (QED) is 0.706. The van der Waals surface area contributed by atoms with Gasteiger partial charge in [0.15, 0.2) is 0 Å². The molecule has 0 spiro atoms. The van der Waals surface area contributed by atoms with E-state index >= 15 is 0 Å². The lowest BCUT2D eigenvalue weighted by Crippen LogP contribution is -2.13. The highest BCUT2D eigenvalue weighted by atomic mass is 19.1. The molecule has 1 aromatic carbocycles. The van der Waals surface area contributed by atoms with E-state index in [0.29, 0.717) is 5.92 Å². The SMILES string of the molecule is CC.CC.CN1CCC(c2ccc(F)cc2)C1. The predicted octanol–water partition coefficient (Wildman–Crippen LogP) is 4.30. The number of nitrogens with zero attached hydrogens (tertiary/aromatic N) is 1. The predicted molar refractivity (Wildman–Crippen MR) is 74.0 cm³/mol. The number of benzene rings is 1. The molecule has 17 heavy (non-hydrogen) atoms. The second-order valence-electron chi connectivity index (χ2n) is 3.80. The van der Waals surface area contributed by atoms with Crippen LogP contribution in [0.5, 0.6) is 0 Å². The molecule has 1 aliphatic heterocycles. The van der Waals surface area contributed by atoms with Crippen molar-refractivity contribution in [2.75, 3.05) is 20.1 Å². The maximum Gasteiger partial charge on any atom is 0.123 e. The van der Waals surface area contributed by atoms with Crippen LogP contribution in [0.2, 0.25) is 0 Å². The van der Waals surface area contributed by atoms with E-state index in [4.69, 9.17) is 0 Å². The highest BCUT2D eigenvalue weighted by molar-refractivity contribution is 5.21. The summed E-state index contributed by atoms with van der Waals surface area (Å²) in [5, 5.41) is 0. The third-order valence-corrected chi connectivity index (χ3v) is 2.73. The maximum atomic E-state index is 12.6. The lowest BCUT2D eigenvalue weighted by atomic mass is 9.99.